The number of aromatic carboxylic acids is 1. The van der Waals surface area contributed by atoms with Crippen LogP contribution in [-0.2, 0) is 0 Å². The van der Waals surface area contributed by atoms with Crippen molar-refractivity contribution in [3.63, 3.8) is 0 Å². The van der Waals surface area contributed by atoms with Crippen LogP contribution < -0.4 is 4.74 Å². The van der Waals surface area contributed by atoms with E-state index in [0.717, 1.165) is 6.07 Å². The third-order valence-corrected chi connectivity index (χ3v) is 2.32. The molecule has 0 bridgehead atoms. The maximum Gasteiger partial charge on any atom is 0.338 e. The molecule has 0 aromatic carbocycles. The molecule has 0 spiro atoms. The van der Waals surface area contributed by atoms with Crippen LogP contribution in [0.15, 0.2) is 12.3 Å². The Kier molecular flexibility index (Phi) is 3.82. The Balaban J connectivity index is 2.98. The molecular weight excluding hydrogens is 213 g/mol. The van der Waals surface area contributed by atoms with Crippen LogP contribution in [0.1, 0.15) is 31.1 Å². The molecule has 1 aromatic rings. The molecule has 1 aromatic heterocycles. The van der Waals surface area contributed by atoms with E-state index in [1.54, 1.807) is 6.92 Å². The fourth-order valence-electron chi connectivity index (χ4n) is 0.984. The first-order valence-electron chi connectivity index (χ1n) is 4.98. The van der Waals surface area contributed by atoms with Crippen LogP contribution in [0.2, 0.25) is 0 Å². The van der Waals surface area contributed by atoms with Crippen molar-refractivity contribution in [3.8, 4) is 5.88 Å². The van der Waals surface area contributed by atoms with E-state index in [4.69, 9.17) is 9.84 Å². The lowest BCUT2D eigenvalue weighted by molar-refractivity contribution is 0.0688. The number of nitrogens with zero attached hydrogens (tertiary/aromatic N) is 1. The van der Waals surface area contributed by atoms with Crippen molar-refractivity contribution in [1.82, 2.24) is 4.98 Å². The average Bonchev–Trinajstić information content (AvgIpc) is 2.20. The number of hydrogen-bond acceptors (Lipinski definition) is 3. The second kappa shape index (κ2) is 4.92. The number of hydrogen-bond donors (Lipinski definition) is 1. The Labute approximate surface area is 93.1 Å². The van der Waals surface area contributed by atoms with Crippen molar-refractivity contribution in [2.75, 3.05) is 0 Å². The molecule has 88 valence electrons. The van der Waals surface area contributed by atoms with E-state index < -0.39 is 17.3 Å². The molecule has 16 heavy (non-hydrogen) atoms. The molecule has 0 fully saturated rings. The minimum atomic E-state index is -1.33. The summed E-state index contributed by atoms with van der Waals surface area (Å²) < 4.78 is 18.8. The Morgan fingerprint density at radius 1 is 1.50 bits per heavy atom. The highest BCUT2D eigenvalue weighted by molar-refractivity contribution is 5.88. The smallest absolute Gasteiger partial charge is 0.338 e. The molecule has 1 atom stereocenters. The Morgan fingerprint density at radius 2 is 2.12 bits per heavy atom. The maximum atomic E-state index is 13.6. The summed E-state index contributed by atoms with van der Waals surface area (Å²) in [7, 11) is 0. The van der Waals surface area contributed by atoms with Gasteiger partial charge in [0.25, 0.3) is 5.88 Å². The van der Waals surface area contributed by atoms with Crippen molar-refractivity contribution in [2.45, 2.75) is 26.9 Å². The van der Waals surface area contributed by atoms with Crippen LogP contribution in [0.5, 0.6) is 5.88 Å². The van der Waals surface area contributed by atoms with E-state index in [9.17, 15) is 9.18 Å². The van der Waals surface area contributed by atoms with Crippen molar-refractivity contribution < 1.29 is 19.0 Å². The number of carbonyl (C=O) groups is 1. The topological polar surface area (TPSA) is 59.4 Å². The van der Waals surface area contributed by atoms with Crippen molar-refractivity contribution in [3.05, 3.63) is 23.6 Å². The summed E-state index contributed by atoms with van der Waals surface area (Å²) in [6, 6.07) is 1.10. The second-order valence-corrected chi connectivity index (χ2v) is 3.85. The van der Waals surface area contributed by atoms with Crippen molar-refractivity contribution in [2.24, 2.45) is 5.92 Å². The minimum absolute atomic E-state index is 0.190. The zero-order valence-corrected chi connectivity index (χ0v) is 9.40. The number of halogens is 1. The summed E-state index contributed by atoms with van der Waals surface area (Å²) >= 11 is 0. The van der Waals surface area contributed by atoms with Crippen molar-refractivity contribution >= 4 is 5.97 Å². The molecule has 1 rings (SSSR count). The van der Waals surface area contributed by atoms with E-state index in [1.807, 2.05) is 13.8 Å². The maximum absolute atomic E-state index is 13.6. The fourth-order valence-corrected chi connectivity index (χ4v) is 0.984. The van der Waals surface area contributed by atoms with Crippen LogP contribution in [0.25, 0.3) is 0 Å². The first-order valence-corrected chi connectivity index (χ1v) is 4.98. The molecule has 0 radical (unpaired) electrons. The molecule has 0 saturated heterocycles. The van der Waals surface area contributed by atoms with Crippen LogP contribution in [0.4, 0.5) is 4.39 Å². The van der Waals surface area contributed by atoms with Gasteiger partial charge in [0.05, 0.1) is 0 Å². The summed E-state index contributed by atoms with van der Waals surface area (Å²) in [5.41, 5.74) is -0.430. The average molecular weight is 227 g/mol. The Morgan fingerprint density at radius 3 is 2.62 bits per heavy atom. The molecular formula is C11H14FNO3. The van der Waals surface area contributed by atoms with E-state index in [2.05, 4.69) is 4.98 Å². The number of rotatable bonds is 4. The van der Waals surface area contributed by atoms with E-state index in [-0.39, 0.29) is 17.9 Å². The van der Waals surface area contributed by atoms with Gasteiger partial charge in [-0.3, -0.25) is 0 Å². The molecule has 0 aliphatic rings. The summed E-state index contributed by atoms with van der Waals surface area (Å²) in [6.07, 6.45) is 0.987. The van der Waals surface area contributed by atoms with Gasteiger partial charge < -0.3 is 9.84 Å². The zero-order valence-electron chi connectivity index (χ0n) is 9.40. The largest absolute Gasteiger partial charge is 0.478 e. The quantitative estimate of drug-likeness (QED) is 0.857. The van der Waals surface area contributed by atoms with E-state index >= 15 is 0 Å². The number of pyridine rings is 1. The summed E-state index contributed by atoms with van der Waals surface area (Å²) in [4.78, 5) is 14.4. The SMILES string of the molecule is CC(C)C(C)Oc1nccc(C(=O)O)c1F. The summed E-state index contributed by atoms with van der Waals surface area (Å²) in [5.74, 6) is -2.33. The zero-order chi connectivity index (χ0) is 12.3. The van der Waals surface area contributed by atoms with E-state index in [1.165, 1.54) is 6.20 Å². The first kappa shape index (κ1) is 12.4. The van der Waals surface area contributed by atoms with Crippen LogP contribution in [0, 0.1) is 11.7 Å². The molecule has 0 amide bonds. The number of ether oxygens (including phenoxy) is 1. The highest BCUT2D eigenvalue weighted by Gasteiger charge is 2.18. The number of aromatic nitrogens is 1. The minimum Gasteiger partial charge on any atom is -0.478 e. The van der Waals surface area contributed by atoms with Gasteiger partial charge >= 0.3 is 5.97 Å². The standard InChI is InChI=1S/C11H14FNO3/c1-6(2)7(3)16-10-9(12)8(11(14)15)4-5-13-10/h4-7H,1-3H3,(H,14,15). The summed E-state index contributed by atoms with van der Waals surface area (Å²) in [5, 5.41) is 8.71. The predicted molar refractivity (Wildman–Crippen MR) is 56.1 cm³/mol. The van der Waals surface area contributed by atoms with Gasteiger partial charge in [-0.25, -0.2) is 14.2 Å². The molecule has 5 heteroatoms. The number of carboxylic acid groups (broad SMARTS) is 1. The highest BCUT2D eigenvalue weighted by atomic mass is 19.1. The molecule has 1 unspecified atom stereocenters. The third-order valence-electron chi connectivity index (χ3n) is 2.32. The van der Waals surface area contributed by atoms with Gasteiger partial charge in [0.1, 0.15) is 11.7 Å². The first-order chi connectivity index (χ1) is 7.43. The van der Waals surface area contributed by atoms with Gasteiger partial charge in [-0.1, -0.05) is 13.8 Å². The van der Waals surface area contributed by atoms with Crippen LogP contribution in [0.3, 0.4) is 0 Å². The van der Waals surface area contributed by atoms with E-state index in [0.29, 0.717) is 0 Å². The van der Waals surface area contributed by atoms with Gasteiger partial charge in [-0.2, -0.15) is 0 Å². The van der Waals surface area contributed by atoms with Crippen LogP contribution >= 0.6 is 0 Å². The Hall–Kier alpha value is -1.65. The predicted octanol–water partition coefficient (Wildman–Crippen LogP) is 2.34. The lowest BCUT2D eigenvalue weighted by Crippen LogP contribution is -2.20. The lowest BCUT2D eigenvalue weighted by atomic mass is 10.1. The fraction of sp³-hybridized carbons (Fsp3) is 0.455. The normalized spacial score (nSPS) is 12.6. The number of carboxylic acids is 1. The molecule has 1 N–H and O–H groups in total. The second-order valence-electron chi connectivity index (χ2n) is 3.85. The summed E-state index contributed by atoms with van der Waals surface area (Å²) in [6.45, 7) is 5.62. The molecule has 0 aliphatic heterocycles. The lowest BCUT2D eigenvalue weighted by Gasteiger charge is -2.17. The van der Waals surface area contributed by atoms with Gasteiger partial charge in [-0.05, 0) is 18.9 Å². The van der Waals surface area contributed by atoms with Gasteiger partial charge in [0, 0.05) is 6.20 Å². The molecule has 4 nitrogen and oxygen atoms in total. The molecule has 1 heterocycles. The van der Waals surface area contributed by atoms with Crippen molar-refractivity contribution in [1.29, 1.82) is 0 Å². The Bertz CT molecular complexity index is 393. The highest BCUT2D eigenvalue weighted by Crippen LogP contribution is 2.20. The third kappa shape index (κ3) is 2.68. The van der Waals surface area contributed by atoms with Gasteiger partial charge in [0.15, 0.2) is 5.82 Å². The molecule has 0 saturated carbocycles. The van der Waals surface area contributed by atoms with Crippen LogP contribution in [-0.4, -0.2) is 22.2 Å². The van der Waals surface area contributed by atoms with Gasteiger partial charge in [0.2, 0.25) is 0 Å². The monoisotopic (exact) mass is 227 g/mol. The molecule has 0 aliphatic carbocycles. The van der Waals surface area contributed by atoms with Gasteiger partial charge in [-0.15, -0.1) is 0 Å².